The summed E-state index contributed by atoms with van der Waals surface area (Å²) in [7, 11) is 0. The Bertz CT molecular complexity index is 432. The summed E-state index contributed by atoms with van der Waals surface area (Å²) in [5.41, 5.74) is 1.77. The van der Waals surface area contributed by atoms with Crippen LogP contribution in [-0.4, -0.2) is 11.0 Å². The number of pyridine rings is 1. The molecule has 4 saturated carbocycles. The van der Waals surface area contributed by atoms with Crippen molar-refractivity contribution < 1.29 is 0 Å². The molecule has 108 valence electrons. The first-order valence-corrected chi connectivity index (χ1v) is 8.37. The van der Waals surface area contributed by atoms with Gasteiger partial charge in [0.1, 0.15) is 0 Å². The lowest BCUT2D eigenvalue weighted by molar-refractivity contribution is -0.0707. The van der Waals surface area contributed by atoms with Crippen LogP contribution < -0.4 is 5.32 Å². The van der Waals surface area contributed by atoms with E-state index >= 15 is 0 Å². The van der Waals surface area contributed by atoms with Gasteiger partial charge in [0.2, 0.25) is 0 Å². The fourth-order valence-corrected chi connectivity index (χ4v) is 5.68. The number of nitrogens with one attached hydrogen (secondary N) is 1. The van der Waals surface area contributed by atoms with Crippen LogP contribution in [0.3, 0.4) is 0 Å². The SMILES string of the molecule is CC(NCc1ccccn1)C12CC3CC(CC(C3)C1)C2. The minimum atomic E-state index is 0.601. The zero-order chi connectivity index (χ0) is 13.6. The summed E-state index contributed by atoms with van der Waals surface area (Å²) in [6.07, 6.45) is 10.9. The number of nitrogens with zero attached hydrogens (tertiary/aromatic N) is 1. The fraction of sp³-hybridized carbons (Fsp3) is 0.722. The second kappa shape index (κ2) is 4.84. The Labute approximate surface area is 122 Å². The lowest BCUT2D eigenvalue weighted by atomic mass is 9.48. The Kier molecular flexibility index (Phi) is 3.10. The van der Waals surface area contributed by atoms with Crippen LogP contribution in [0.15, 0.2) is 24.4 Å². The topological polar surface area (TPSA) is 24.9 Å². The molecule has 0 spiro atoms. The molecule has 0 radical (unpaired) electrons. The van der Waals surface area contributed by atoms with Crippen molar-refractivity contribution in [1.82, 2.24) is 10.3 Å². The molecule has 4 bridgehead atoms. The van der Waals surface area contributed by atoms with Crippen molar-refractivity contribution in [1.29, 1.82) is 0 Å². The number of aromatic nitrogens is 1. The second-order valence-electron chi connectivity index (χ2n) is 7.70. The highest BCUT2D eigenvalue weighted by Gasteiger charge is 2.52. The third-order valence-corrected chi connectivity index (χ3v) is 6.32. The van der Waals surface area contributed by atoms with Gasteiger partial charge in [-0.1, -0.05) is 6.07 Å². The van der Waals surface area contributed by atoms with Gasteiger partial charge < -0.3 is 5.32 Å². The molecule has 4 aliphatic carbocycles. The third kappa shape index (κ3) is 2.18. The minimum Gasteiger partial charge on any atom is -0.308 e. The van der Waals surface area contributed by atoms with Crippen LogP contribution in [0.2, 0.25) is 0 Å². The molecule has 1 N–H and O–H groups in total. The van der Waals surface area contributed by atoms with Crippen LogP contribution in [0, 0.1) is 23.2 Å². The molecule has 2 heteroatoms. The molecule has 5 rings (SSSR count). The molecular weight excluding hydrogens is 244 g/mol. The fourth-order valence-electron chi connectivity index (χ4n) is 5.68. The van der Waals surface area contributed by atoms with Crippen molar-refractivity contribution in [3.05, 3.63) is 30.1 Å². The summed E-state index contributed by atoms with van der Waals surface area (Å²) in [6, 6.07) is 6.84. The molecule has 0 aromatic carbocycles. The van der Waals surface area contributed by atoms with E-state index in [4.69, 9.17) is 0 Å². The van der Waals surface area contributed by atoms with Crippen molar-refractivity contribution in [2.45, 2.75) is 58.0 Å². The minimum absolute atomic E-state index is 0.601. The summed E-state index contributed by atoms with van der Waals surface area (Å²) in [5, 5.41) is 3.79. The maximum Gasteiger partial charge on any atom is 0.0541 e. The standard InChI is InChI=1S/C18H26N2/c1-13(20-12-17-4-2-3-5-19-17)18-9-14-6-15(10-18)8-16(7-14)11-18/h2-5,13-16,20H,6-12H2,1H3. The first kappa shape index (κ1) is 12.8. The highest BCUT2D eigenvalue weighted by Crippen LogP contribution is 2.61. The van der Waals surface area contributed by atoms with Crippen molar-refractivity contribution >= 4 is 0 Å². The van der Waals surface area contributed by atoms with E-state index in [0.717, 1.165) is 24.3 Å². The summed E-state index contributed by atoms with van der Waals surface area (Å²) >= 11 is 0. The lowest BCUT2D eigenvalue weighted by Gasteiger charge is -2.59. The molecule has 2 nitrogen and oxygen atoms in total. The van der Waals surface area contributed by atoms with Crippen LogP contribution in [0.1, 0.15) is 51.1 Å². The van der Waals surface area contributed by atoms with Crippen LogP contribution in [-0.2, 0) is 6.54 Å². The molecule has 1 heterocycles. The third-order valence-electron chi connectivity index (χ3n) is 6.32. The first-order valence-electron chi connectivity index (χ1n) is 8.37. The van der Waals surface area contributed by atoms with E-state index < -0.39 is 0 Å². The Hall–Kier alpha value is -0.890. The van der Waals surface area contributed by atoms with Gasteiger partial charge in [0.25, 0.3) is 0 Å². The van der Waals surface area contributed by atoms with Gasteiger partial charge in [0.15, 0.2) is 0 Å². The molecule has 1 unspecified atom stereocenters. The summed E-state index contributed by atoms with van der Waals surface area (Å²) in [4.78, 5) is 4.43. The number of hydrogen-bond acceptors (Lipinski definition) is 2. The average molecular weight is 270 g/mol. The van der Waals surface area contributed by atoms with E-state index in [9.17, 15) is 0 Å². The van der Waals surface area contributed by atoms with Gasteiger partial charge >= 0.3 is 0 Å². The molecule has 1 atom stereocenters. The smallest absolute Gasteiger partial charge is 0.0541 e. The summed E-state index contributed by atoms with van der Waals surface area (Å²) in [5.74, 6) is 3.13. The van der Waals surface area contributed by atoms with Crippen LogP contribution in [0.5, 0.6) is 0 Å². The maximum absolute atomic E-state index is 4.43. The zero-order valence-corrected chi connectivity index (χ0v) is 12.5. The second-order valence-corrected chi connectivity index (χ2v) is 7.70. The van der Waals surface area contributed by atoms with Gasteiger partial charge in [-0.05, 0) is 80.8 Å². The van der Waals surface area contributed by atoms with E-state index in [1.54, 1.807) is 0 Å². The molecule has 4 fully saturated rings. The zero-order valence-electron chi connectivity index (χ0n) is 12.5. The van der Waals surface area contributed by atoms with Crippen LogP contribution in [0.25, 0.3) is 0 Å². The molecule has 0 aliphatic heterocycles. The Morgan fingerprint density at radius 1 is 1.15 bits per heavy atom. The largest absolute Gasteiger partial charge is 0.308 e. The van der Waals surface area contributed by atoms with Gasteiger partial charge in [-0.3, -0.25) is 4.98 Å². The number of rotatable bonds is 4. The molecule has 1 aromatic heterocycles. The normalized spacial score (nSPS) is 40.0. The Morgan fingerprint density at radius 3 is 2.35 bits per heavy atom. The van der Waals surface area contributed by atoms with Gasteiger partial charge in [-0.25, -0.2) is 0 Å². The average Bonchev–Trinajstić information content (AvgIpc) is 2.44. The maximum atomic E-state index is 4.43. The lowest BCUT2D eigenvalue weighted by Crippen LogP contribution is -2.54. The monoisotopic (exact) mass is 270 g/mol. The van der Waals surface area contributed by atoms with Crippen molar-refractivity contribution in [2.75, 3.05) is 0 Å². The molecule has 1 aromatic rings. The van der Waals surface area contributed by atoms with Crippen molar-refractivity contribution in [2.24, 2.45) is 23.2 Å². The van der Waals surface area contributed by atoms with E-state index in [0.29, 0.717) is 11.5 Å². The van der Waals surface area contributed by atoms with E-state index in [-0.39, 0.29) is 0 Å². The molecule has 0 amide bonds. The van der Waals surface area contributed by atoms with Gasteiger partial charge in [-0.2, -0.15) is 0 Å². The molecule has 0 saturated heterocycles. The molecular formula is C18H26N2. The van der Waals surface area contributed by atoms with Gasteiger partial charge in [-0.15, -0.1) is 0 Å². The van der Waals surface area contributed by atoms with E-state index in [2.05, 4.69) is 29.4 Å². The predicted octanol–water partition coefficient (Wildman–Crippen LogP) is 3.78. The predicted molar refractivity (Wildman–Crippen MR) is 81.1 cm³/mol. The van der Waals surface area contributed by atoms with Crippen LogP contribution >= 0.6 is 0 Å². The molecule has 20 heavy (non-hydrogen) atoms. The quantitative estimate of drug-likeness (QED) is 0.900. The molecule has 4 aliphatic rings. The van der Waals surface area contributed by atoms with E-state index in [1.165, 1.54) is 44.2 Å². The van der Waals surface area contributed by atoms with Crippen molar-refractivity contribution in [3.63, 3.8) is 0 Å². The van der Waals surface area contributed by atoms with Crippen LogP contribution in [0.4, 0.5) is 0 Å². The highest BCUT2D eigenvalue weighted by atomic mass is 14.9. The number of hydrogen-bond donors (Lipinski definition) is 1. The highest BCUT2D eigenvalue weighted by molar-refractivity contribution is 5.07. The first-order chi connectivity index (χ1) is 9.73. The summed E-state index contributed by atoms with van der Waals surface area (Å²) < 4.78 is 0. The Morgan fingerprint density at radius 2 is 1.80 bits per heavy atom. The van der Waals surface area contributed by atoms with Crippen molar-refractivity contribution in [3.8, 4) is 0 Å². The Balaban J connectivity index is 1.44. The van der Waals surface area contributed by atoms with E-state index in [1.807, 2.05) is 12.3 Å². The summed E-state index contributed by atoms with van der Waals surface area (Å²) in [6.45, 7) is 3.35. The van der Waals surface area contributed by atoms with Gasteiger partial charge in [0.05, 0.1) is 5.69 Å². The van der Waals surface area contributed by atoms with Gasteiger partial charge in [0, 0.05) is 18.8 Å².